The van der Waals surface area contributed by atoms with Crippen molar-refractivity contribution in [2.45, 2.75) is 32.6 Å². The minimum atomic E-state index is -0.544. The fourth-order valence-corrected chi connectivity index (χ4v) is 3.24. The SMILES string of the molecule is CC(C)(C)C(=O)N1CC[C@]2(C1)C(=O)Nc1ccccc12. The summed E-state index contributed by atoms with van der Waals surface area (Å²) in [5, 5.41) is 2.95. The Hall–Kier alpha value is -1.84. The zero-order valence-electron chi connectivity index (χ0n) is 12.2. The second-order valence-electron chi connectivity index (χ2n) is 6.81. The average Bonchev–Trinajstić information content (AvgIpc) is 2.93. The van der Waals surface area contributed by atoms with Gasteiger partial charge < -0.3 is 10.2 Å². The summed E-state index contributed by atoms with van der Waals surface area (Å²) < 4.78 is 0. The van der Waals surface area contributed by atoms with Crippen molar-refractivity contribution in [3.05, 3.63) is 29.8 Å². The van der Waals surface area contributed by atoms with Crippen LogP contribution >= 0.6 is 0 Å². The van der Waals surface area contributed by atoms with Crippen molar-refractivity contribution < 1.29 is 9.59 Å². The molecule has 20 heavy (non-hydrogen) atoms. The number of para-hydroxylation sites is 1. The van der Waals surface area contributed by atoms with Crippen LogP contribution in [0.5, 0.6) is 0 Å². The number of rotatable bonds is 0. The largest absolute Gasteiger partial charge is 0.341 e. The molecule has 0 aliphatic carbocycles. The Balaban J connectivity index is 1.93. The molecule has 1 aromatic rings. The molecule has 1 atom stereocenters. The Morgan fingerprint density at radius 1 is 1.30 bits per heavy atom. The van der Waals surface area contributed by atoms with Gasteiger partial charge in [0.15, 0.2) is 0 Å². The Bertz CT molecular complexity index is 588. The van der Waals surface area contributed by atoms with Crippen molar-refractivity contribution in [2.24, 2.45) is 5.41 Å². The van der Waals surface area contributed by atoms with Crippen LogP contribution in [0.2, 0.25) is 0 Å². The maximum Gasteiger partial charge on any atom is 0.236 e. The second kappa shape index (κ2) is 4.08. The van der Waals surface area contributed by atoms with Gasteiger partial charge in [-0.05, 0) is 18.1 Å². The Morgan fingerprint density at radius 2 is 2.00 bits per heavy atom. The number of nitrogens with zero attached hydrogens (tertiary/aromatic N) is 1. The van der Waals surface area contributed by atoms with Gasteiger partial charge in [0.05, 0.1) is 5.41 Å². The summed E-state index contributed by atoms with van der Waals surface area (Å²) in [6.07, 6.45) is 0.706. The topological polar surface area (TPSA) is 49.4 Å². The minimum absolute atomic E-state index is 0.0305. The van der Waals surface area contributed by atoms with Crippen molar-refractivity contribution in [2.75, 3.05) is 18.4 Å². The van der Waals surface area contributed by atoms with Gasteiger partial charge in [-0.1, -0.05) is 39.0 Å². The van der Waals surface area contributed by atoms with Gasteiger partial charge in [0, 0.05) is 24.2 Å². The van der Waals surface area contributed by atoms with Crippen LogP contribution in [0.25, 0.3) is 0 Å². The van der Waals surface area contributed by atoms with E-state index in [9.17, 15) is 9.59 Å². The molecular weight excluding hydrogens is 252 g/mol. The Labute approximate surface area is 119 Å². The molecule has 0 aromatic heterocycles. The number of carbonyl (C=O) groups is 2. The smallest absolute Gasteiger partial charge is 0.236 e. The molecule has 2 amide bonds. The van der Waals surface area contributed by atoms with Crippen molar-refractivity contribution in [3.8, 4) is 0 Å². The van der Waals surface area contributed by atoms with Crippen molar-refractivity contribution in [1.29, 1.82) is 0 Å². The van der Waals surface area contributed by atoms with Crippen LogP contribution < -0.4 is 5.32 Å². The number of amides is 2. The van der Waals surface area contributed by atoms with Crippen LogP contribution in [0, 0.1) is 5.41 Å². The van der Waals surface area contributed by atoms with Gasteiger partial charge in [0.1, 0.15) is 0 Å². The first kappa shape index (κ1) is 13.2. The molecular formula is C16H20N2O2. The van der Waals surface area contributed by atoms with Crippen LogP contribution in [0.3, 0.4) is 0 Å². The molecule has 106 valence electrons. The molecule has 0 bridgehead atoms. The van der Waals surface area contributed by atoms with Crippen molar-refractivity contribution in [1.82, 2.24) is 4.90 Å². The highest BCUT2D eigenvalue weighted by Crippen LogP contribution is 2.44. The number of nitrogens with one attached hydrogen (secondary N) is 1. The summed E-state index contributed by atoms with van der Waals surface area (Å²) >= 11 is 0. The number of anilines is 1. The molecule has 1 spiro atoms. The van der Waals surface area contributed by atoms with Gasteiger partial charge in [0.25, 0.3) is 0 Å². The third-order valence-corrected chi connectivity index (χ3v) is 4.32. The normalized spacial score (nSPS) is 24.9. The van der Waals surface area contributed by atoms with Crippen LogP contribution in [0.1, 0.15) is 32.8 Å². The number of likely N-dealkylation sites (tertiary alicyclic amines) is 1. The lowest BCUT2D eigenvalue weighted by atomic mass is 9.81. The highest BCUT2D eigenvalue weighted by Gasteiger charge is 2.52. The zero-order valence-corrected chi connectivity index (χ0v) is 12.2. The quantitative estimate of drug-likeness (QED) is 0.786. The summed E-state index contributed by atoms with van der Waals surface area (Å²) in [5.74, 6) is 0.148. The first-order chi connectivity index (χ1) is 9.34. The van der Waals surface area contributed by atoms with E-state index in [0.717, 1.165) is 11.3 Å². The van der Waals surface area contributed by atoms with Gasteiger partial charge in [0.2, 0.25) is 11.8 Å². The van der Waals surface area contributed by atoms with Gasteiger partial charge in [-0.25, -0.2) is 0 Å². The number of hydrogen-bond acceptors (Lipinski definition) is 2. The Kier molecular flexibility index (Phi) is 2.68. The van der Waals surface area contributed by atoms with Gasteiger partial charge in [-0.2, -0.15) is 0 Å². The lowest BCUT2D eigenvalue weighted by Gasteiger charge is -2.27. The summed E-state index contributed by atoms with van der Waals surface area (Å²) in [5.41, 5.74) is 0.981. The van der Waals surface area contributed by atoms with Gasteiger partial charge in [-0.3, -0.25) is 9.59 Å². The van der Waals surface area contributed by atoms with E-state index in [2.05, 4.69) is 5.32 Å². The van der Waals surface area contributed by atoms with Crippen LogP contribution in [0.15, 0.2) is 24.3 Å². The molecule has 4 nitrogen and oxygen atoms in total. The highest BCUT2D eigenvalue weighted by molar-refractivity contribution is 6.07. The lowest BCUT2D eigenvalue weighted by Crippen LogP contribution is -2.42. The van der Waals surface area contributed by atoms with Crippen LogP contribution in [-0.2, 0) is 15.0 Å². The van der Waals surface area contributed by atoms with E-state index in [1.807, 2.05) is 49.9 Å². The maximum absolute atomic E-state index is 12.4. The molecule has 2 aliphatic heterocycles. The number of fused-ring (bicyclic) bond motifs is 2. The molecule has 3 rings (SSSR count). The fraction of sp³-hybridized carbons (Fsp3) is 0.500. The summed E-state index contributed by atoms with van der Waals surface area (Å²) in [4.78, 5) is 26.7. The highest BCUT2D eigenvalue weighted by atomic mass is 16.2. The average molecular weight is 272 g/mol. The van der Waals surface area contributed by atoms with E-state index in [1.54, 1.807) is 0 Å². The van der Waals surface area contributed by atoms with E-state index in [1.165, 1.54) is 0 Å². The molecule has 2 heterocycles. The third kappa shape index (κ3) is 1.74. The molecule has 1 N–H and O–H groups in total. The first-order valence-electron chi connectivity index (χ1n) is 7.05. The summed E-state index contributed by atoms with van der Waals surface area (Å²) in [6, 6.07) is 7.80. The molecule has 4 heteroatoms. The van der Waals surface area contributed by atoms with Gasteiger partial charge in [-0.15, -0.1) is 0 Å². The second-order valence-corrected chi connectivity index (χ2v) is 6.81. The fourth-order valence-electron chi connectivity index (χ4n) is 3.24. The van der Waals surface area contributed by atoms with E-state index in [0.29, 0.717) is 19.5 Å². The molecule has 0 saturated carbocycles. The number of carbonyl (C=O) groups excluding carboxylic acids is 2. The maximum atomic E-state index is 12.4. The first-order valence-corrected chi connectivity index (χ1v) is 7.05. The zero-order chi connectivity index (χ0) is 14.5. The third-order valence-electron chi connectivity index (χ3n) is 4.32. The number of benzene rings is 1. The molecule has 0 radical (unpaired) electrons. The molecule has 1 fully saturated rings. The molecule has 1 saturated heterocycles. The van der Waals surface area contributed by atoms with Gasteiger partial charge >= 0.3 is 0 Å². The predicted molar refractivity (Wildman–Crippen MR) is 77.4 cm³/mol. The summed E-state index contributed by atoms with van der Waals surface area (Å²) in [6.45, 7) is 6.90. The standard InChI is InChI=1S/C16H20N2O2/c1-15(2,3)14(20)18-9-8-16(10-18)11-6-4-5-7-12(11)17-13(16)19/h4-7H,8-10H2,1-3H3,(H,17,19)/t16-/m1/s1. The van der Waals surface area contributed by atoms with E-state index < -0.39 is 10.8 Å². The van der Waals surface area contributed by atoms with Crippen molar-refractivity contribution in [3.63, 3.8) is 0 Å². The molecule has 0 unspecified atom stereocenters. The van der Waals surface area contributed by atoms with Crippen LogP contribution in [0.4, 0.5) is 5.69 Å². The predicted octanol–water partition coefficient (Wildman–Crippen LogP) is 2.15. The van der Waals surface area contributed by atoms with E-state index in [4.69, 9.17) is 0 Å². The summed E-state index contributed by atoms with van der Waals surface area (Å²) in [7, 11) is 0. The molecule has 2 aliphatic rings. The monoisotopic (exact) mass is 272 g/mol. The van der Waals surface area contributed by atoms with Crippen LogP contribution in [-0.4, -0.2) is 29.8 Å². The minimum Gasteiger partial charge on any atom is -0.341 e. The number of hydrogen-bond donors (Lipinski definition) is 1. The van der Waals surface area contributed by atoms with E-state index in [-0.39, 0.29) is 11.8 Å². The van der Waals surface area contributed by atoms with E-state index >= 15 is 0 Å². The lowest BCUT2D eigenvalue weighted by molar-refractivity contribution is -0.138. The Morgan fingerprint density at radius 3 is 2.70 bits per heavy atom. The van der Waals surface area contributed by atoms with Crippen molar-refractivity contribution >= 4 is 17.5 Å². The molecule has 1 aromatic carbocycles.